The smallest absolute Gasteiger partial charge is 0.308 e. The molecule has 0 aromatic carbocycles. The molecule has 1 aliphatic heterocycles. The summed E-state index contributed by atoms with van der Waals surface area (Å²) in [7, 11) is 0. The molecule has 0 aromatic heterocycles. The lowest BCUT2D eigenvalue weighted by Gasteiger charge is -2.41. The third-order valence-electron chi connectivity index (χ3n) is 5.58. The van der Waals surface area contributed by atoms with Gasteiger partial charge in [0.2, 0.25) is 0 Å². The SMILES string of the molecule is CC(=O)[C@]12O[C@H]3CC[C@@H](OC(=O)C(C)C)[C@@H]1[C@H]3C[C@@]2(C)O. The van der Waals surface area contributed by atoms with Crippen LogP contribution >= 0.6 is 0 Å². The number of carbonyl (C=O) groups excluding carboxylic acids is 2. The lowest BCUT2D eigenvalue weighted by atomic mass is 9.73. The monoisotopic (exact) mass is 296 g/mol. The van der Waals surface area contributed by atoms with Crippen molar-refractivity contribution in [3.05, 3.63) is 0 Å². The van der Waals surface area contributed by atoms with Crippen LogP contribution in [0.2, 0.25) is 0 Å². The Morgan fingerprint density at radius 2 is 2.00 bits per heavy atom. The van der Waals surface area contributed by atoms with E-state index in [2.05, 4.69) is 0 Å². The molecule has 0 aromatic rings. The molecule has 2 saturated carbocycles. The number of Topliss-reactive ketones (excluding diaryl/α,β-unsaturated/α-hetero) is 1. The highest BCUT2D eigenvalue weighted by atomic mass is 16.6. The van der Waals surface area contributed by atoms with E-state index in [1.807, 2.05) is 0 Å². The van der Waals surface area contributed by atoms with Crippen LogP contribution in [0.5, 0.6) is 0 Å². The highest BCUT2D eigenvalue weighted by Gasteiger charge is 2.75. The van der Waals surface area contributed by atoms with E-state index < -0.39 is 11.2 Å². The van der Waals surface area contributed by atoms with Crippen molar-refractivity contribution < 1.29 is 24.2 Å². The van der Waals surface area contributed by atoms with Gasteiger partial charge >= 0.3 is 5.97 Å². The second-order valence-electron chi connectivity index (χ2n) is 7.32. The van der Waals surface area contributed by atoms with Crippen molar-refractivity contribution in [1.29, 1.82) is 0 Å². The zero-order valence-electron chi connectivity index (χ0n) is 13.1. The van der Waals surface area contributed by atoms with E-state index in [0.717, 1.165) is 6.42 Å². The molecule has 4 bridgehead atoms. The number of esters is 1. The molecule has 3 fully saturated rings. The zero-order valence-corrected chi connectivity index (χ0v) is 13.1. The molecule has 5 heteroatoms. The van der Waals surface area contributed by atoms with Crippen LogP contribution in [0.15, 0.2) is 0 Å². The van der Waals surface area contributed by atoms with Gasteiger partial charge in [-0.3, -0.25) is 9.59 Å². The molecule has 0 unspecified atom stereocenters. The first-order chi connectivity index (χ1) is 9.70. The van der Waals surface area contributed by atoms with Gasteiger partial charge in [0.05, 0.1) is 17.6 Å². The van der Waals surface area contributed by atoms with Crippen LogP contribution in [0.3, 0.4) is 0 Å². The van der Waals surface area contributed by atoms with Gasteiger partial charge in [-0.2, -0.15) is 0 Å². The van der Waals surface area contributed by atoms with Crippen LogP contribution in [0.4, 0.5) is 0 Å². The van der Waals surface area contributed by atoms with E-state index in [4.69, 9.17) is 9.47 Å². The summed E-state index contributed by atoms with van der Waals surface area (Å²) in [6, 6.07) is 0. The fourth-order valence-corrected chi connectivity index (χ4v) is 4.73. The molecule has 5 nitrogen and oxygen atoms in total. The molecule has 2 aliphatic carbocycles. The average molecular weight is 296 g/mol. The molecule has 3 aliphatic rings. The predicted molar refractivity (Wildman–Crippen MR) is 74.5 cm³/mol. The van der Waals surface area contributed by atoms with Crippen molar-refractivity contribution in [2.45, 2.75) is 70.4 Å². The molecule has 3 rings (SSSR count). The van der Waals surface area contributed by atoms with Crippen molar-refractivity contribution in [1.82, 2.24) is 0 Å². The Hall–Kier alpha value is -0.940. The summed E-state index contributed by atoms with van der Waals surface area (Å²) in [5.41, 5.74) is -2.39. The van der Waals surface area contributed by atoms with Crippen LogP contribution in [0.1, 0.15) is 47.0 Å². The summed E-state index contributed by atoms with van der Waals surface area (Å²) in [6.45, 7) is 6.73. The molecule has 0 amide bonds. The van der Waals surface area contributed by atoms with Gasteiger partial charge in [-0.15, -0.1) is 0 Å². The van der Waals surface area contributed by atoms with E-state index in [1.54, 1.807) is 20.8 Å². The van der Waals surface area contributed by atoms with E-state index in [0.29, 0.717) is 12.8 Å². The number of rotatable bonds is 3. The Labute approximate surface area is 125 Å². The minimum absolute atomic E-state index is 0.00753. The van der Waals surface area contributed by atoms with Gasteiger partial charge in [-0.25, -0.2) is 0 Å². The van der Waals surface area contributed by atoms with E-state index in [1.165, 1.54) is 6.92 Å². The van der Waals surface area contributed by atoms with Crippen LogP contribution in [0, 0.1) is 17.8 Å². The summed E-state index contributed by atoms with van der Waals surface area (Å²) < 4.78 is 11.7. The van der Waals surface area contributed by atoms with Crippen molar-refractivity contribution >= 4 is 11.8 Å². The summed E-state index contributed by atoms with van der Waals surface area (Å²) in [5.74, 6) is -0.719. The number of aliphatic hydroxyl groups is 1. The minimum atomic E-state index is -1.21. The van der Waals surface area contributed by atoms with Crippen molar-refractivity contribution in [2.24, 2.45) is 17.8 Å². The largest absolute Gasteiger partial charge is 0.462 e. The van der Waals surface area contributed by atoms with Gasteiger partial charge in [0, 0.05) is 5.92 Å². The standard InChI is InChI=1S/C16H24O5/c1-8(2)14(18)20-12-6-5-11-10-7-15(4,19)16(21-11,9(3)17)13(10)12/h8,10-13,19H,5-7H2,1-4H3/t10-,11-,12+,13-,15+,16-/m0/s1. The van der Waals surface area contributed by atoms with Gasteiger partial charge < -0.3 is 14.6 Å². The quantitative estimate of drug-likeness (QED) is 0.798. The fraction of sp³-hybridized carbons (Fsp3) is 0.875. The Morgan fingerprint density at radius 3 is 2.57 bits per heavy atom. The Bertz CT molecular complexity index is 483. The van der Waals surface area contributed by atoms with Crippen molar-refractivity contribution in [2.75, 3.05) is 0 Å². The van der Waals surface area contributed by atoms with E-state index in [-0.39, 0.29) is 41.7 Å². The number of hydrogen-bond donors (Lipinski definition) is 1. The first-order valence-electron chi connectivity index (χ1n) is 7.82. The molecule has 0 radical (unpaired) electrons. The number of ketones is 1. The molecule has 6 atom stereocenters. The summed E-state index contributed by atoms with van der Waals surface area (Å²) in [5, 5.41) is 10.7. The molecule has 1 heterocycles. The first kappa shape index (κ1) is 15.0. The molecular formula is C16H24O5. The third kappa shape index (κ3) is 1.83. The van der Waals surface area contributed by atoms with Crippen molar-refractivity contribution in [3.8, 4) is 0 Å². The molecule has 21 heavy (non-hydrogen) atoms. The van der Waals surface area contributed by atoms with E-state index >= 15 is 0 Å². The molecular weight excluding hydrogens is 272 g/mol. The third-order valence-corrected chi connectivity index (χ3v) is 5.58. The first-order valence-corrected chi connectivity index (χ1v) is 7.82. The van der Waals surface area contributed by atoms with E-state index in [9.17, 15) is 14.7 Å². The summed E-state index contributed by atoms with van der Waals surface area (Å²) >= 11 is 0. The maximum absolute atomic E-state index is 12.3. The second kappa shape index (κ2) is 4.53. The topological polar surface area (TPSA) is 72.8 Å². The number of ether oxygens (including phenoxy) is 2. The molecule has 1 saturated heterocycles. The maximum atomic E-state index is 12.3. The Balaban J connectivity index is 1.95. The van der Waals surface area contributed by atoms with Crippen molar-refractivity contribution in [3.63, 3.8) is 0 Å². The van der Waals surface area contributed by atoms with Crippen LogP contribution < -0.4 is 0 Å². The summed E-state index contributed by atoms with van der Waals surface area (Å²) in [4.78, 5) is 24.3. The average Bonchev–Trinajstić information content (AvgIpc) is 2.72. The number of hydrogen-bond acceptors (Lipinski definition) is 5. The normalized spacial score (nSPS) is 47.7. The van der Waals surface area contributed by atoms with Crippen LogP contribution in [0.25, 0.3) is 0 Å². The highest BCUT2D eigenvalue weighted by Crippen LogP contribution is 2.63. The zero-order chi connectivity index (χ0) is 15.6. The van der Waals surface area contributed by atoms with Gasteiger partial charge in [0.25, 0.3) is 0 Å². The fourth-order valence-electron chi connectivity index (χ4n) is 4.73. The Morgan fingerprint density at radius 1 is 1.33 bits per heavy atom. The lowest BCUT2D eigenvalue weighted by Crippen LogP contribution is -2.59. The number of carbonyl (C=O) groups is 2. The molecule has 0 spiro atoms. The van der Waals surface area contributed by atoms with Gasteiger partial charge in [0.1, 0.15) is 6.10 Å². The summed E-state index contributed by atoms with van der Waals surface area (Å²) in [6.07, 6.45) is 1.70. The maximum Gasteiger partial charge on any atom is 0.308 e. The van der Waals surface area contributed by atoms with Crippen LogP contribution in [-0.2, 0) is 19.1 Å². The van der Waals surface area contributed by atoms with Gasteiger partial charge in [-0.1, -0.05) is 13.8 Å². The molecule has 1 N–H and O–H groups in total. The predicted octanol–water partition coefficient (Wildman–Crippen LogP) is 1.46. The lowest BCUT2D eigenvalue weighted by molar-refractivity contribution is -0.197. The molecule has 118 valence electrons. The van der Waals surface area contributed by atoms with Crippen LogP contribution in [-0.4, -0.2) is 40.3 Å². The Kier molecular flexibility index (Phi) is 3.23. The van der Waals surface area contributed by atoms with Gasteiger partial charge in [-0.05, 0) is 39.0 Å². The highest BCUT2D eigenvalue weighted by molar-refractivity contribution is 5.88. The second-order valence-corrected chi connectivity index (χ2v) is 7.32. The minimum Gasteiger partial charge on any atom is -0.462 e. The van der Waals surface area contributed by atoms with Gasteiger partial charge in [0.15, 0.2) is 11.4 Å².